The van der Waals surface area contributed by atoms with Gasteiger partial charge in [0.1, 0.15) is 11.3 Å². The zero-order valence-corrected chi connectivity index (χ0v) is 12.3. The van der Waals surface area contributed by atoms with Crippen molar-refractivity contribution in [2.24, 2.45) is 0 Å². The summed E-state index contributed by atoms with van der Waals surface area (Å²) >= 11 is 0. The smallest absolute Gasteiger partial charge is 0.162 e. The molecule has 108 valence electrons. The highest BCUT2D eigenvalue weighted by Crippen LogP contribution is 2.43. The summed E-state index contributed by atoms with van der Waals surface area (Å²) in [4.78, 5) is 0. The van der Waals surface area contributed by atoms with Crippen LogP contribution in [0.5, 0.6) is 5.75 Å². The molecule has 5 nitrogen and oxygen atoms in total. The predicted molar refractivity (Wildman–Crippen MR) is 72.2 cm³/mol. The average Bonchev–Trinajstić information content (AvgIpc) is 2.82. The number of aliphatic hydroxyl groups is 1. The van der Waals surface area contributed by atoms with Gasteiger partial charge in [-0.1, -0.05) is 6.92 Å². The van der Waals surface area contributed by atoms with E-state index in [1.807, 2.05) is 11.6 Å². The van der Waals surface area contributed by atoms with Gasteiger partial charge in [-0.25, -0.2) is 0 Å². The summed E-state index contributed by atoms with van der Waals surface area (Å²) in [6.07, 6.45) is 3.69. The molecule has 0 radical (unpaired) electrons. The highest BCUT2D eigenvalue weighted by atomic mass is 16.5. The van der Waals surface area contributed by atoms with Gasteiger partial charge in [0.05, 0.1) is 25.5 Å². The highest BCUT2D eigenvalue weighted by Gasteiger charge is 2.45. The van der Waals surface area contributed by atoms with Crippen molar-refractivity contribution in [2.45, 2.75) is 57.8 Å². The number of aryl methyl sites for hydroxylation is 1. The van der Waals surface area contributed by atoms with Crippen molar-refractivity contribution in [2.75, 3.05) is 13.7 Å². The molecule has 0 aliphatic carbocycles. The largest absolute Gasteiger partial charge is 0.493 e. The molecule has 2 heterocycles. The minimum absolute atomic E-state index is 0.291. The Labute approximate surface area is 114 Å². The highest BCUT2D eigenvalue weighted by molar-refractivity contribution is 5.31. The first-order chi connectivity index (χ1) is 8.98. The number of nitrogens with zero attached hydrogens (tertiary/aromatic N) is 2. The molecule has 1 aliphatic heterocycles. The van der Waals surface area contributed by atoms with Gasteiger partial charge in [-0.3, -0.25) is 4.68 Å². The molecule has 5 heteroatoms. The number of aromatic nitrogens is 2. The van der Waals surface area contributed by atoms with Crippen LogP contribution < -0.4 is 4.74 Å². The maximum atomic E-state index is 11.1. The van der Waals surface area contributed by atoms with Gasteiger partial charge >= 0.3 is 0 Å². The number of rotatable bonds is 4. The van der Waals surface area contributed by atoms with E-state index >= 15 is 0 Å². The molecule has 0 saturated carbocycles. The fourth-order valence-corrected chi connectivity index (χ4v) is 2.88. The zero-order chi connectivity index (χ0) is 14.1. The molecule has 2 atom stereocenters. The SMILES string of the molecule is CCn1ncc(OC)c1C1(O)CCOC(C)(CC)C1. The summed E-state index contributed by atoms with van der Waals surface area (Å²) in [5, 5.41) is 15.4. The lowest BCUT2D eigenvalue weighted by Gasteiger charge is -2.43. The molecule has 0 spiro atoms. The summed E-state index contributed by atoms with van der Waals surface area (Å²) < 4.78 is 13.0. The van der Waals surface area contributed by atoms with Gasteiger partial charge < -0.3 is 14.6 Å². The third-order valence-electron chi connectivity index (χ3n) is 4.15. The minimum atomic E-state index is -0.930. The molecule has 2 unspecified atom stereocenters. The van der Waals surface area contributed by atoms with Crippen LogP contribution in [-0.2, 0) is 16.9 Å². The van der Waals surface area contributed by atoms with Gasteiger partial charge in [0.2, 0.25) is 0 Å². The van der Waals surface area contributed by atoms with E-state index in [4.69, 9.17) is 9.47 Å². The topological polar surface area (TPSA) is 56.5 Å². The van der Waals surface area contributed by atoms with E-state index in [-0.39, 0.29) is 5.60 Å². The third-order valence-corrected chi connectivity index (χ3v) is 4.15. The van der Waals surface area contributed by atoms with Crippen molar-refractivity contribution >= 4 is 0 Å². The van der Waals surface area contributed by atoms with E-state index in [1.54, 1.807) is 13.3 Å². The number of hydrogen-bond acceptors (Lipinski definition) is 4. The van der Waals surface area contributed by atoms with Crippen molar-refractivity contribution in [1.82, 2.24) is 9.78 Å². The molecule has 0 bridgehead atoms. The van der Waals surface area contributed by atoms with Crippen LogP contribution in [0.15, 0.2) is 6.20 Å². The van der Waals surface area contributed by atoms with Gasteiger partial charge in [-0.2, -0.15) is 5.10 Å². The molecule has 1 N–H and O–H groups in total. The van der Waals surface area contributed by atoms with Gasteiger partial charge in [0.15, 0.2) is 5.75 Å². The van der Waals surface area contributed by atoms with E-state index in [1.165, 1.54) is 0 Å². The van der Waals surface area contributed by atoms with E-state index in [0.717, 1.165) is 12.1 Å². The summed E-state index contributed by atoms with van der Waals surface area (Å²) in [7, 11) is 1.61. The Morgan fingerprint density at radius 1 is 1.53 bits per heavy atom. The molecule has 2 rings (SSSR count). The normalized spacial score (nSPS) is 31.4. The lowest BCUT2D eigenvalue weighted by Crippen LogP contribution is -2.46. The van der Waals surface area contributed by atoms with Gasteiger partial charge in [-0.05, 0) is 20.3 Å². The number of hydrogen-bond donors (Lipinski definition) is 1. The maximum Gasteiger partial charge on any atom is 0.162 e. The predicted octanol–water partition coefficient (Wildman–Crippen LogP) is 2.08. The first-order valence-electron chi connectivity index (χ1n) is 6.94. The summed E-state index contributed by atoms with van der Waals surface area (Å²) in [5.74, 6) is 0.657. The van der Waals surface area contributed by atoms with Crippen LogP contribution in [0.4, 0.5) is 0 Å². The second-order valence-electron chi connectivity index (χ2n) is 5.49. The van der Waals surface area contributed by atoms with E-state index in [9.17, 15) is 5.11 Å². The second kappa shape index (κ2) is 5.13. The van der Waals surface area contributed by atoms with Gasteiger partial charge in [0, 0.05) is 19.4 Å². The van der Waals surface area contributed by atoms with Crippen molar-refractivity contribution in [3.8, 4) is 5.75 Å². The van der Waals surface area contributed by atoms with E-state index in [0.29, 0.717) is 31.7 Å². The Bertz CT molecular complexity index is 424. The van der Waals surface area contributed by atoms with Crippen LogP contribution in [0.3, 0.4) is 0 Å². The molecule has 1 saturated heterocycles. The molecule has 1 aromatic heterocycles. The van der Waals surface area contributed by atoms with Crippen LogP contribution in [-0.4, -0.2) is 34.2 Å². The van der Waals surface area contributed by atoms with Crippen LogP contribution in [0, 0.1) is 0 Å². The van der Waals surface area contributed by atoms with E-state index < -0.39 is 5.60 Å². The van der Waals surface area contributed by atoms with Crippen molar-refractivity contribution < 1.29 is 14.6 Å². The van der Waals surface area contributed by atoms with Gasteiger partial charge in [0.25, 0.3) is 0 Å². The quantitative estimate of drug-likeness (QED) is 0.908. The number of ether oxygens (including phenoxy) is 2. The Balaban J connectivity index is 2.41. The molecular formula is C14H24N2O3. The molecule has 1 aromatic rings. The fraction of sp³-hybridized carbons (Fsp3) is 0.786. The fourth-order valence-electron chi connectivity index (χ4n) is 2.88. The Morgan fingerprint density at radius 2 is 2.26 bits per heavy atom. The standard InChI is InChI=1S/C14H24N2O3/c1-5-13(3)10-14(17,7-8-19-13)12-11(18-4)9-15-16(12)6-2/h9,17H,5-8,10H2,1-4H3. The lowest BCUT2D eigenvalue weighted by atomic mass is 9.79. The molecule has 1 fully saturated rings. The Hall–Kier alpha value is -1.07. The molecule has 19 heavy (non-hydrogen) atoms. The molecule has 1 aliphatic rings. The van der Waals surface area contributed by atoms with Crippen LogP contribution in [0.1, 0.15) is 45.7 Å². The summed E-state index contributed by atoms with van der Waals surface area (Å²) in [5.41, 5.74) is -0.442. The lowest BCUT2D eigenvalue weighted by molar-refractivity contribution is -0.160. The molecule has 0 amide bonds. The van der Waals surface area contributed by atoms with Crippen LogP contribution in [0.25, 0.3) is 0 Å². The monoisotopic (exact) mass is 268 g/mol. The first-order valence-corrected chi connectivity index (χ1v) is 6.94. The van der Waals surface area contributed by atoms with Crippen molar-refractivity contribution in [3.05, 3.63) is 11.9 Å². The first kappa shape index (κ1) is 14.3. The summed E-state index contributed by atoms with van der Waals surface area (Å²) in [6.45, 7) is 7.41. The van der Waals surface area contributed by atoms with Crippen LogP contribution in [0.2, 0.25) is 0 Å². The minimum Gasteiger partial charge on any atom is -0.493 e. The third kappa shape index (κ3) is 2.49. The second-order valence-corrected chi connectivity index (χ2v) is 5.49. The van der Waals surface area contributed by atoms with Crippen molar-refractivity contribution in [1.29, 1.82) is 0 Å². The number of methoxy groups -OCH3 is 1. The average molecular weight is 268 g/mol. The summed E-state index contributed by atoms with van der Waals surface area (Å²) in [6, 6.07) is 0. The maximum absolute atomic E-state index is 11.1. The van der Waals surface area contributed by atoms with Crippen molar-refractivity contribution in [3.63, 3.8) is 0 Å². The Morgan fingerprint density at radius 3 is 2.84 bits per heavy atom. The van der Waals surface area contributed by atoms with E-state index in [2.05, 4.69) is 18.9 Å². The Kier molecular flexibility index (Phi) is 3.87. The van der Waals surface area contributed by atoms with Crippen LogP contribution >= 0.6 is 0 Å². The molecule has 0 aromatic carbocycles. The zero-order valence-electron chi connectivity index (χ0n) is 12.3. The molecular weight excluding hydrogens is 244 g/mol. The van der Waals surface area contributed by atoms with Gasteiger partial charge in [-0.15, -0.1) is 0 Å².